The molecule has 0 radical (unpaired) electrons. The number of rotatable bonds is 4. The van der Waals surface area contributed by atoms with Crippen LogP contribution in [0.25, 0.3) is 10.9 Å². The number of hydrogen-bond acceptors (Lipinski definition) is 3. The molecule has 0 fully saturated rings. The molecule has 0 amide bonds. The first-order chi connectivity index (χ1) is 10.3. The van der Waals surface area contributed by atoms with Gasteiger partial charge in [-0.15, -0.1) is 0 Å². The zero-order valence-electron chi connectivity index (χ0n) is 11.6. The summed E-state index contributed by atoms with van der Waals surface area (Å²) < 4.78 is 7.05. The first-order valence-electron chi connectivity index (χ1n) is 6.71. The summed E-state index contributed by atoms with van der Waals surface area (Å²) in [5, 5.41) is 4.26. The van der Waals surface area contributed by atoms with E-state index in [4.69, 9.17) is 4.74 Å². The average molecular weight is 390 g/mol. The van der Waals surface area contributed by atoms with Crippen molar-refractivity contribution in [2.45, 2.75) is 6.61 Å². The molecule has 4 heteroatoms. The Morgan fingerprint density at radius 1 is 1.10 bits per heavy atom. The monoisotopic (exact) mass is 390 g/mol. The Morgan fingerprint density at radius 3 is 2.62 bits per heavy atom. The van der Waals surface area contributed by atoms with Crippen molar-refractivity contribution in [2.75, 3.05) is 12.4 Å². The van der Waals surface area contributed by atoms with E-state index in [1.54, 1.807) is 0 Å². The van der Waals surface area contributed by atoms with Gasteiger partial charge < -0.3 is 10.1 Å². The summed E-state index contributed by atoms with van der Waals surface area (Å²) >= 11 is 2.28. The smallest absolute Gasteiger partial charge is 0.133 e. The largest absolute Gasteiger partial charge is 0.489 e. The highest BCUT2D eigenvalue weighted by atomic mass is 127. The van der Waals surface area contributed by atoms with E-state index >= 15 is 0 Å². The Labute approximate surface area is 137 Å². The Bertz CT molecular complexity index is 756. The Kier molecular flexibility index (Phi) is 4.24. The van der Waals surface area contributed by atoms with Crippen molar-refractivity contribution in [1.29, 1.82) is 0 Å². The van der Waals surface area contributed by atoms with Crippen LogP contribution >= 0.6 is 22.6 Å². The molecule has 0 bridgehead atoms. The number of benzene rings is 2. The van der Waals surface area contributed by atoms with E-state index in [-0.39, 0.29) is 0 Å². The maximum Gasteiger partial charge on any atom is 0.133 e. The number of pyridine rings is 1. The SMILES string of the molecule is CNc1nc2ccccc2cc1COc1ccc(I)cc1. The van der Waals surface area contributed by atoms with E-state index in [0.29, 0.717) is 6.61 Å². The van der Waals surface area contributed by atoms with Gasteiger partial charge in [-0.3, -0.25) is 0 Å². The number of para-hydroxylation sites is 1. The summed E-state index contributed by atoms with van der Waals surface area (Å²) in [6, 6.07) is 18.3. The Morgan fingerprint density at radius 2 is 1.86 bits per heavy atom. The Balaban J connectivity index is 1.86. The molecule has 2 aromatic carbocycles. The summed E-state index contributed by atoms with van der Waals surface area (Å²) in [5.74, 6) is 1.73. The van der Waals surface area contributed by atoms with Gasteiger partial charge in [-0.05, 0) is 59.0 Å². The number of nitrogens with one attached hydrogen (secondary N) is 1. The molecular weight excluding hydrogens is 375 g/mol. The van der Waals surface area contributed by atoms with Crippen LogP contribution in [0.2, 0.25) is 0 Å². The molecule has 0 aliphatic carbocycles. The average Bonchev–Trinajstić information content (AvgIpc) is 2.53. The van der Waals surface area contributed by atoms with E-state index < -0.39 is 0 Å². The standard InChI is InChI=1S/C17H15IN2O/c1-19-17-13(10-12-4-2-3-5-16(12)20-17)11-21-15-8-6-14(18)7-9-15/h2-10H,11H2,1H3,(H,19,20). The first kappa shape index (κ1) is 14.1. The number of nitrogens with zero attached hydrogens (tertiary/aromatic N) is 1. The van der Waals surface area contributed by atoms with Crippen molar-refractivity contribution in [1.82, 2.24) is 4.98 Å². The summed E-state index contributed by atoms with van der Waals surface area (Å²) in [6.45, 7) is 0.495. The van der Waals surface area contributed by atoms with Gasteiger partial charge in [0.2, 0.25) is 0 Å². The Hall–Kier alpha value is -1.82. The minimum atomic E-state index is 0.495. The molecule has 0 saturated heterocycles. The van der Waals surface area contributed by atoms with Gasteiger partial charge >= 0.3 is 0 Å². The number of aromatic nitrogens is 1. The highest BCUT2D eigenvalue weighted by Crippen LogP contribution is 2.22. The lowest BCUT2D eigenvalue weighted by atomic mass is 10.1. The molecule has 3 nitrogen and oxygen atoms in total. The van der Waals surface area contributed by atoms with Crippen molar-refractivity contribution in [3.63, 3.8) is 0 Å². The van der Waals surface area contributed by atoms with E-state index in [1.165, 1.54) is 3.57 Å². The fraction of sp³-hybridized carbons (Fsp3) is 0.118. The molecule has 1 aromatic heterocycles. The summed E-state index contributed by atoms with van der Waals surface area (Å²) in [4.78, 5) is 4.63. The van der Waals surface area contributed by atoms with Gasteiger partial charge in [0.1, 0.15) is 18.2 Å². The lowest BCUT2D eigenvalue weighted by molar-refractivity contribution is 0.306. The van der Waals surface area contributed by atoms with Gasteiger partial charge in [-0.25, -0.2) is 4.98 Å². The van der Waals surface area contributed by atoms with Gasteiger partial charge in [-0.2, -0.15) is 0 Å². The minimum absolute atomic E-state index is 0.495. The number of fused-ring (bicyclic) bond motifs is 1. The zero-order valence-corrected chi connectivity index (χ0v) is 13.8. The van der Waals surface area contributed by atoms with Crippen LogP contribution in [0.5, 0.6) is 5.75 Å². The second kappa shape index (κ2) is 6.30. The molecule has 1 N–H and O–H groups in total. The van der Waals surface area contributed by atoms with E-state index in [0.717, 1.165) is 28.0 Å². The normalized spacial score (nSPS) is 10.6. The molecule has 0 spiro atoms. The van der Waals surface area contributed by atoms with Crippen LogP contribution in [0.4, 0.5) is 5.82 Å². The zero-order chi connectivity index (χ0) is 14.7. The first-order valence-corrected chi connectivity index (χ1v) is 7.79. The summed E-state index contributed by atoms with van der Waals surface area (Å²) in [6.07, 6.45) is 0. The molecule has 0 saturated carbocycles. The molecule has 106 valence electrons. The maximum absolute atomic E-state index is 5.86. The number of hydrogen-bond donors (Lipinski definition) is 1. The van der Waals surface area contributed by atoms with Crippen molar-refractivity contribution in [3.8, 4) is 5.75 Å². The predicted molar refractivity (Wildman–Crippen MR) is 94.8 cm³/mol. The third kappa shape index (κ3) is 3.26. The third-order valence-corrected chi connectivity index (χ3v) is 3.97. The number of ether oxygens (including phenoxy) is 1. The van der Waals surface area contributed by atoms with Gasteiger partial charge in [0.05, 0.1) is 5.52 Å². The van der Waals surface area contributed by atoms with Crippen LogP contribution in [0.3, 0.4) is 0 Å². The molecule has 3 rings (SSSR count). The molecular formula is C17H15IN2O. The second-order valence-electron chi connectivity index (χ2n) is 4.68. The van der Waals surface area contributed by atoms with E-state index in [2.05, 4.69) is 45.0 Å². The van der Waals surface area contributed by atoms with Crippen molar-refractivity contribution < 1.29 is 4.74 Å². The van der Waals surface area contributed by atoms with Crippen molar-refractivity contribution in [3.05, 3.63) is 63.7 Å². The van der Waals surface area contributed by atoms with E-state index in [9.17, 15) is 0 Å². The third-order valence-electron chi connectivity index (χ3n) is 3.25. The lowest BCUT2D eigenvalue weighted by Crippen LogP contribution is -2.03. The van der Waals surface area contributed by atoms with Crippen LogP contribution in [-0.2, 0) is 6.61 Å². The molecule has 0 atom stereocenters. The number of halogens is 1. The molecule has 0 aliphatic rings. The fourth-order valence-electron chi connectivity index (χ4n) is 2.18. The predicted octanol–water partition coefficient (Wildman–Crippen LogP) is 4.46. The highest BCUT2D eigenvalue weighted by molar-refractivity contribution is 14.1. The number of anilines is 1. The van der Waals surface area contributed by atoms with Crippen molar-refractivity contribution >= 4 is 39.3 Å². The summed E-state index contributed by atoms with van der Waals surface area (Å²) in [7, 11) is 1.88. The van der Waals surface area contributed by atoms with Crippen LogP contribution in [0.15, 0.2) is 54.6 Å². The van der Waals surface area contributed by atoms with Crippen molar-refractivity contribution in [2.24, 2.45) is 0 Å². The summed E-state index contributed by atoms with van der Waals surface area (Å²) in [5.41, 5.74) is 2.04. The minimum Gasteiger partial charge on any atom is -0.489 e. The van der Waals surface area contributed by atoms with Gasteiger partial charge in [0.15, 0.2) is 0 Å². The molecule has 1 heterocycles. The molecule has 0 unspecified atom stereocenters. The van der Waals surface area contributed by atoms with Crippen LogP contribution in [0.1, 0.15) is 5.56 Å². The topological polar surface area (TPSA) is 34.2 Å². The van der Waals surface area contributed by atoms with Gasteiger partial charge in [0, 0.05) is 21.6 Å². The van der Waals surface area contributed by atoms with Crippen LogP contribution in [0, 0.1) is 3.57 Å². The fourth-order valence-corrected chi connectivity index (χ4v) is 2.54. The quantitative estimate of drug-likeness (QED) is 0.668. The second-order valence-corrected chi connectivity index (χ2v) is 5.93. The maximum atomic E-state index is 5.86. The molecule has 3 aromatic rings. The van der Waals surface area contributed by atoms with Crippen LogP contribution < -0.4 is 10.1 Å². The van der Waals surface area contributed by atoms with Gasteiger partial charge in [0.25, 0.3) is 0 Å². The van der Waals surface area contributed by atoms with Gasteiger partial charge in [-0.1, -0.05) is 18.2 Å². The molecule has 21 heavy (non-hydrogen) atoms. The van der Waals surface area contributed by atoms with E-state index in [1.807, 2.05) is 49.5 Å². The van der Waals surface area contributed by atoms with Crippen LogP contribution in [-0.4, -0.2) is 12.0 Å². The highest BCUT2D eigenvalue weighted by Gasteiger charge is 2.06. The lowest BCUT2D eigenvalue weighted by Gasteiger charge is -2.11. The molecule has 0 aliphatic heterocycles.